The molecule has 2 amide bonds. The van der Waals surface area contributed by atoms with Crippen molar-refractivity contribution in [1.82, 2.24) is 9.47 Å². The first kappa shape index (κ1) is 19.4. The molecule has 2 aliphatic rings. The molecule has 0 radical (unpaired) electrons. The second kappa shape index (κ2) is 8.21. The number of ether oxygens (including phenoxy) is 1. The fourth-order valence-corrected chi connectivity index (χ4v) is 4.38. The van der Waals surface area contributed by atoms with Gasteiger partial charge in [0.15, 0.2) is 0 Å². The SMILES string of the molecule is COCCC(=O)Nc1ccc2n(c1=O)C[C@@H]1C[C@@H]2CN(C(=O)c2ccccc2)C1. The van der Waals surface area contributed by atoms with E-state index in [0.29, 0.717) is 37.5 Å². The highest BCUT2D eigenvalue weighted by molar-refractivity contribution is 5.94. The van der Waals surface area contributed by atoms with Gasteiger partial charge in [-0.05, 0) is 36.6 Å². The summed E-state index contributed by atoms with van der Waals surface area (Å²) in [6.07, 6.45) is 1.18. The molecule has 2 bridgehead atoms. The van der Waals surface area contributed by atoms with Crippen molar-refractivity contribution in [3.05, 3.63) is 64.1 Å². The van der Waals surface area contributed by atoms with Crippen LogP contribution in [0.25, 0.3) is 0 Å². The quantitative estimate of drug-likeness (QED) is 0.841. The van der Waals surface area contributed by atoms with Crippen LogP contribution in [0, 0.1) is 5.92 Å². The number of carbonyl (C=O) groups excluding carboxylic acids is 2. The van der Waals surface area contributed by atoms with E-state index in [1.807, 2.05) is 41.3 Å². The van der Waals surface area contributed by atoms with Gasteiger partial charge in [-0.15, -0.1) is 0 Å². The summed E-state index contributed by atoms with van der Waals surface area (Å²) in [5, 5.41) is 2.69. The Hall–Kier alpha value is -2.93. The van der Waals surface area contributed by atoms with E-state index in [1.54, 1.807) is 10.6 Å². The second-order valence-electron chi connectivity index (χ2n) is 7.75. The van der Waals surface area contributed by atoms with Crippen LogP contribution in [0.5, 0.6) is 0 Å². The number of rotatable bonds is 5. The molecular weight excluding hydrogens is 370 g/mol. The van der Waals surface area contributed by atoms with Gasteiger partial charge in [0.05, 0.1) is 13.0 Å². The normalized spacial score (nSPS) is 20.1. The molecule has 1 aromatic heterocycles. The molecule has 1 saturated heterocycles. The predicted octanol–water partition coefficient (Wildman–Crippen LogP) is 2.08. The van der Waals surface area contributed by atoms with E-state index in [2.05, 4.69) is 5.32 Å². The van der Waals surface area contributed by atoms with Crippen molar-refractivity contribution in [2.45, 2.75) is 25.3 Å². The third-order valence-corrected chi connectivity index (χ3v) is 5.72. The molecule has 7 heteroatoms. The highest BCUT2D eigenvalue weighted by Crippen LogP contribution is 2.36. The zero-order chi connectivity index (χ0) is 20.4. The lowest BCUT2D eigenvalue weighted by Crippen LogP contribution is -2.49. The zero-order valence-electron chi connectivity index (χ0n) is 16.5. The van der Waals surface area contributed by atoms with Crippen molar-refractivity contribution in [1.29, 1.82) is 0 Å². The molecule has 1 N–H and O–H groups in total. The Balaban J connectivity index is 1.54. The molecule has 29 heavy (non-hydrogen) atoms. The molecule has 2 aliphatic heterocycles. The number of piperidine rings is 1. The summed E-state index contributed by atoms with van der Waals surface area (Å²) in [5.74, 6) is 0.158. The summed E-state index contributed by atoms with van der Waals surface area (Å²) in [5.41, 5.74) is 1.75. The smallest absolute Gasteiger partial charge is 0.274 e. The lowest BCUT2D eigenvalue weighted by Gasteiger charge is -2.43. The number of nitrogens with one attached hydrogen (secondary N) is 1. The molecule has 2 aromatic rings. The summed E-state index contributed by atoms with van der Waals surface area (Å²) in [7, 11) is 1.53. The largest absolute Gasteiger partial charge is 0.384 e. The number of aromatic nitrogens is 1. The van der Waals surface area contributed by atoms with Crippen molar-refractivity contribution in [3.8, 4) is 0 Å². The summed E-state index contributed by atoms with van der Waals surface area (Å²) in [4.78, 5) is 39.7. The fourth-order valence-electron chi connectivity index (χ4n) is 4.38. The first-order valence-electron chi connectivity index (χ1n) is 9.93. The van der Waals surface area contributed by atoms with Crippen molar-refractivity contribution in [3.63, 3.8) is 0 Å². The minimum absolute atomic E-state index is 0.0399. The first-order chi connectivity index (χ1) is 14.1. The molecule has 4 rings (SSSR count). The van der Waals surface area contributed by atoms with Crippen LogP contribution in [0.4, 0.5) is 5.69 Å². The van der Waals surface area contributed by atoms with Crippen molar-refractivity contribution in [2.24, 2.45) is 5.92 Å². The maximum atomic E-state index is 12.9. The summed E-state index contributed by atoms with van der Waals surface area (Å²) in [6.45, 7) is 2.11. The molecule has 3 heterocycles. The standard InChI is InChI=1S/C22H25N3O4/c1-29-10-9-20(26)23-18-7-8-19-17-11-15(13-25(19)22(18)28)12-24(14-17)21(27)16-5-3-2-4-6-16/h2-8,15,17H,9-14H2,1H3,(H,23,26)/t15-,17-/m1/s1. The summed E-state index contributed by atoms with van der Waals surface area (Å²) in [6, 6.07) is 12.9. The molecule has 7 nitrogen and oxygen atoms in total. The number of methoxy groups -OCH3 is 1. The van der Waals surface area contributed by atoms with Gasteiger partial charge < -0.3 is 19.5 Å². The van der Waals surface area contributed by atoms with Gasteiger partial charge in [0, 0.05) is 43.9 Å². The van der Waals surface area contributed by atoms with E-state index in [9.17, 15) is 14.4 Å². The molecule has 0 unspecified atom stereocenters. The van der Waals surface area contributed by atoms with Crippen molar-refractivity contribution >= 4 is 17.5 Å². The average molecular weight is 395 g/mol. The fraction of sp³-hybridized carbons (Fsp3) is 0.409. The Morgan fingerprint density at radius 3 is 2.66 bits per heavy atom. The van der Waals surface area contributed by atoms with Gasteiger partial charge in [-0.25, -0.2) is 0 Å². The van der Waals surface area contributed by atoms with E-state index in [0.717, 1.165) is 12.1 Å². The Bertz CT molecular complexity index is 970. The summed E-state index contributed by atoms with van der Waals surface area (Å²) < 4.78 is 6.68. The monoisotopic (exact) mass is 395 g/mol. The number of carbonyl (C=O) groups is 2. The Labute approximate surface area is 169 Å². The third-order valence-electron chi connectivity index (χ3n) is 5.72. The number of likely N-dealkylation sites (tertiary alicyclic amines) is 1. The molecule has 1 aromatic carbocycles. The van der Waals surface area contributed by atoms with E-state index in [4.69, 9.17) is 4.74 Å². The molecule has 1 fully saturated rings. The number of nitrogens with zero attached hydrogens (tertiary/aromatic N) is 2. The average Bonchev–Trinajstić information content (AvgIpc) is 2.74. The number of benzene rings is 1. The third kappa shape index (κ3) is 3.96. The van der Waals surface area contributed by atoms with E-state index < -0.39 is 0 Å². The number of fused-ring (bicyclic) bond motifs is 4. The number of pyridine rings is 1. The van der Waals surface area contributed by atoms with E-state index >= 15 is 0 Å². The Morgan fingerprint density at radius 1 is 1.10 bits per heavy atom. The highest BCUT2D eigenvalue weighted by Gasteiger charge is 2.36. The van der Waals surface area contributed by atoms with Crippen LogP contribution in [0.3, 0.4) is 0 Å². The molecule has 0 aliphatic carbocycles. The van der Waals surface area contributed by atoms with Gasteiger partial charge in [-0.2, -0.15) is 0 Å². The first-order valence-corrected chi connectivity index (χ1v) is 9.93. The number of hydrogen-bond acceptors (Lipinski definition) is 4. The molecule has 0 spiro atoms. The van der Waals surface area contributed by atoms with Crippen LogP contribution in [0.15, 0.2) is 47.3 Å². The topological polar surface area (TPSA) is 80.6 Å². The zero-order valence-corrected chi connectivity index (χ0v) is 16.5. The highest BCUT2D eigenvalue weighted by atomic mass is 16.5. The van der Waals surface area contributed by atoms with Crippen LogP contribution in [-0.2, 0) is 16.1 Å². The Kier molecular flexibility index (Phi) is 5.49. The summed E-state index contributed by atoms with van der Waals surface area (Å²) >= 11 is 0. The Morgan fingerprint density at radius 2 is 1.90 bits per heavy atom. The number of hydrogen-bond donors (Lipinski definition) is 1. The van der Waals surface area contributed by atoms with Crippen LogP contribution in [-0.4, -0.2) is 48.1 Å². The molecule has 152 valence electrons. The van der Waals surface area contributed by atoms with Gasteiger partial charge in [-0.3, -0.25) is 14.4 Å². The number of anilines is 1. The van der Waals surface area contributed by atoms with Gasteiger partial charge in [0.2, 0.25) is 5.91 Å². The van der Waals surface area contributed by atoms with Crippen molar-refractivity contribution in [2.75, 3.05) is 32.1 Å². The van der Waals surface area contributed by atoms with Crippen LogP contribution >= 0.6 is 0 Å². The molecule has 0 saturated carbocycles. The van der Waals surface area contributed by atoms with Gasteiger partial charge >= 0.3 is 0 Å². The maximum Gasteiger partial charge on any atom is 0.274 e. The van der Waals surface area contributed by atoms with Crippen LogP contribution in [0.1, 0.15) is 34.8 Å². The second-order valence-corrected chi connectivity index (χ2v) is 7.75. The molecule has 2 atom stereocenters. The van der Waals surface area contributed by atoms with Crippen LogP contribution in [0.2, 0.25) is 0 Å². The minimum Gasteiger partial charge on any atom is -0.384 e. The van der Waals surface area contributed by atoms with Crippen molar-refractivity contribution < 1.29 is 14.3 Å². The predicted molar refractivity (Wildman–Crippen MR) is 109 cm³/mol. The maximum absolute atomic E-state index is 12.9. The van der Waals surface area contributed by atoms with Gasteiger partial charge in [0.1, 0.15) is 5.69 Å². The molecular formula is C22H25N3O4. The van der Waals surface area contributed by atoms with Gasteiger partial charge in [-0.1, -0.05) is 18.2 Å². The number of amides is 2. The minimum atomic E-state index is -0.236. The van der Waals surface area contributed by atoms with Gasteiger partial charge in [0.25, 0.3) is 11.5 Å². The van der Waals surface area contributed by atoms with E-state index in [-0.39, 0.29) is 35.6 Å². The lowest BCUT2D eigenvalue weighted by atomic mass is 9.83. The van der Waals surface area contributed by atoms with E-state index in [1.165, 1.54) is 7.11 Å². The van der Waals surface area contributed by atoms with Crippen LogP contribution < -0.4 is 10.9 Å². The lowest BCUT2D eigenvalue weighted by molar-refractivity contribution is -0.117.